The number of rotatable bonds is 5. The standard InChI is InChI=1S/C15H19NO2/c1-3-12-6-4-5-11(2)15(12)16-9-13-7-8-14(10-17)18-13/h4-8,16-17H,3,9-10H2,1-2H3. The van der Waals surface area contributed by atoms with E-state index < -0.39 is 0 Å². The Morgan fingerprint density at radius 2 is 1.94 bits per heavy atom. The second-order valence-corrected chi connectivity index (χ2v) is 4.34. The third kappa shape index (κ3) is 2.74. The van der Waals surface area contributed by atoms with Gasteiger partial charge in [0.1, 0.15) is 18.1 Å². The van der Waals surface area contributed by atoms with Crippen molar-refractivity contribution in [3.05, 3.63) is 53.0 Å². The Morgan fingerprint density at radius 3 is 2.61 bits per heavy atom. The summed E-state index contributed by atoms with van der Waals surface area (Å²) in [6, 6.07) is 10.0. The first-order valence-corrected chi connectivity index (χ1v) is 6.25. The molecule has 0 spiro atoms. The van der Waals surface area contributed by atoms with E-state index in [0.29, 0.717) is 12.3 Å². The topological polar surface area (TPSA) is 45.4 Å². The molecule has 2 rings (SSSR count). The predicted octanol–water partition coefficient (Wildman–Crippen LogP) is 3.25. The van der Waals surface area contributed by atoms with Crippen LogP contribution in [-0.2, 0) is 19.6 Å². The van der Waals surface area contributed by atoms with Gasteiger partial charge in [0, 0.05) is 5.69 Å². The molecule has 3 heteroatoms. The first-order chi connectivity index (χ1) is 8.74. The fourth-order valence-corrected chi connectivity index (χ4v) is 2.05. The lowest BCUT2D eigenvalue weighted by atomic mass is 10.1. The minimum Gasteiger partial charge on any atom is -0.462 e. The molecule has 0 amide bonds. The van der Waals surface area contributed by atoms with Crippen molar-refractivity contribution in [3.63, 3.8) is 0 Å². The van der Waals surface area contributed by atoms with E-state index >= 15 is 0 Å². The lowest BCUT2D eigenvalue weighted by Crippen LogP contribution is -2.03. The van der Waals surface area contributed by atoms with Crippen molar-refractivity contribution in [1.29, 1.82) is 0 Å². The van der Waals surface area contributed by atoms with E-state index in [4.69, 9.17) is 9.52 Å². The van der Waals surface area contributed by atoms with Gasteiger partial charge in [0.05, 0.1) is 6.54 Å². The van der Waals surface area contributed by atoms with Crippen molar-refractivity contribution in [1.82, 2.24) is 0 Å². The van der Waals surface area contributed by atoms with Gasteiger partial charge in [-0.1, -0.05) is 25.1 Å². The number of hydrogen-bond acceptors (Lipinski definition) is 3. The quantitative estimate of drug-likeness (QED) is 0.850. The molecule has 3 nitrogen and oxygen atoms in total. The van der Waals surface area contributed by atoms with E-state index in [0.717, 1.165) is 12.2 Å². The number of aryl methyl sites for hydroxylation is 2. The first-order valence-electron chi connectivity index (χ1n) is 6.25. The number of nitrogens with one attached hydrogen (secondary N) is 1. The number of furan rings is 1. The Bertz CT molecular complexity index is 517. The van der Waals surface area contributed by atoms with E-state index in [-0.39, 0.29) is 6.61 Å². The van der Waals surface area contributed by atoms with Crippen LogP contribution in [0.4, 0.5) is 5.69 Å². The molecule has 96 valence electrons. The molecule has 0 saturated heterocycles. The molecule has 0 fully saturated rings. The Balaban J connectivity index is 2.10. The van der Waals surface area contributed by atoms with Crippen molar-refractivity contribution in [2.24, 2.45) is 0 Å². The van der Waals surface area contributed by atoms with Crippen LogP contribution in [0.3, 0.4) is 0 Å². The highest BCUT2D eigenvalue weighted by atomic mass is 16.4. The fraction of sp³-hybridized carbons (Fsp3) is 0.333. The lowest BCUT2D eigenvalue weighted by molar-refractivity contribution is 0.244. The van der Waals surface area contributed by atoms with Gasteiger partial charge in [-0.15, -0.1) is 0 Å². The number of aliphatic hydroxyl groups is 1. The molecular weight excluding hydrogens is 226 g/mol. The Labute approximate surface area is 107 Å². The van der Waals surface area contributed by atoms with Crippen LogP contribution in [0.15, 0.2) is 34.7 Å². The van der Waals surface area contributed by atoms with Crippen molar-refractivity contribution in [2.75, 3.05) is 5.32 Å². The van der Waals surface area contributed by atoms with Gasteiger partial charge in [-0.05, 0) is 36.6 Å². The maximum absolute atomic E-state index is 8.95. The number of aliphatic hydroxyl groups excluding tert-OH is 1. The molecular formula is C15H19NO2. The molecule has 18 heavy (non-hydrogen) atoms. The van der Waals surface area contributed by atoms with Crippen LogP contribution in [0, 0.1) is 6.92 Å². The molecule has 0 aliphatic rings. The van der Waals surface area contributed by atoms with E-state index in [9.17, 15) is 0 Å². The summed E-state index contributed by atoms with van der Waals surface area (Å²) in [7, 11) is 0. The van der Waals surface area contributed by atoms with Gasteiger partial charge >= 0.3 is 0 Å². The zero-order valence-corrected chi connectivity index (χ0v) is 10.9. The van der Waals surface area contributed by atoms with Gasteiger partial charge in [0.2, 0.25) is 0 Å². The zero-order valence-electron chi connectivity index (χ0n) is 10.9. The minimum absolute atomic E-state index is 0.0510. The van der Waals surface area contributed by atoms with Crippen molar-refractivity contribution in [3.8, 4) is 0 Å². The number of benzene rings is 1. The summed E-state index contributed by atoms with van der Waals surface area (Å²) in [6.07, 6.45) is 1.00. The second kappa shape index (κ2) is 5.74. The van der Waals surface area contributed by atoms with Gasteiger partial charge in [-0.25, -0.2) is 0 Å². The van der Waals surface area contributed by atoms with E-state index in [2.05, 4.69) is 37.4 Å². The van der Waals surface area contributed by atoms with Gasteiger partial charge < -0.3 is 14.8 Å². The highest BCUT2D eigenvalue weighted by Gasteiger charge is 2.05. The third-order valence-electron chi connectivity index (χ3n) is 3.05. The molecule has 0 saturated carbocycles. The van der Waals surface area contributed by atoms with Crippen LogP contribution in [0.25, 0.3) is 0 Å². The van der Waals surface area contributed by atoms with Crippen LogP contribution in [0.5, 0.6) is 0 Å². The highest BCUT2D eigenvalue weighted by Crippen LogP contribution is 2.22. The lowest BCUT2D eigenvalue weighted by Gasteiger charge is -2.12. The van der Waals surface area contributed by atoms with Crippen LogP contribution in [0.1, 0.15) is 29.6 Å². The van der Waals surface area contributed by atoms with E-state index in [1.807, 2.05) is 6.07 Å². The van der Waals surface area contributed by atoms with Gasteiger partial charge in [0.25, 0.3) is 0 Å². The zero-order chi connectivity index (χ0) is 13.0. The molecule has 0 unspecified atom stereocenters. The fourth-order valence-electron chi connectivity index (χ4n) is 2.05. The SMILES string of the molecule is CCc1cccc(C)c1NCc1ccc(CO)o1. The van der Waals surface area contributed by atoms with Crippen LogP contribution < -0.4 is 5.32 Å². The van der Waals surface area contributed by atoms with Gasteiger partial charge in [0.15, 0.2) is 0 Å². The third-order valence-corrected chi connectivity index (χ3v) is 3.05. The normalized spacial score (nSPS) is 10.6. The molecule has 2 aromatic rings. The summed E-state index contributed by atoms with van der Waals surface area (Å²) in [5.41, 5.74) is 3.73. The van der Waals surface area contributed by atoms with Crippen molar-refractivity contribution >= 4 is 5.69 Å². The molecule has 0 aliphatic heterocycles. The van der Waals surface area contributed by atoms with E-state index in [1.54, 1.807) is 6.07 Å². The van der Waals surface area contributed by atoms with Gasteiger partial charge in [-0.2, -0.15) is 0 Å². The van der Waals surface area contributed by atoms with Crippen LogP contribution in [-0.4, -0.2) is 5.11 Å². The maximum atomic E-state index is 8.95. The number of hydrogen-bond donors (Lipinski definition) is 2. The molecule has 0 aliphatic carbocycles. The summed E-state index contributed by atoms with van der Waals surface area (Å²) < 4.78 is 5.46. The van der Waals surface area contributed by atoms with Crippen LogP contribution >= 0.6 is 0 Å². The number of anilines is 1. The van der Waals surface area contributed by atoms with Crippen molar-refractivity contribution in [2.45, 2.75) is 33.4 Å². The first kappa shape index (κ1) is 12.7. The number of para-hydroxylation sites is 1. The summed E-state index contributed by atoms with van der Waals surface area (Å²) in [4.78, 5) is 0. The van der Waals surface area contributed by atoms with Crippen LogP contribution in [0.2, 0.25) is 0 Å². The highest BCUT2D eigenvalue weighted by molar-refractivity contribution is 5.57. The molecule has 0 bridgehead atoms. The molecule has 0 radical (unpaired) electrons. The Hall–Kier alpha value is -1.74. The molecule has 1 heterocycles. The van der Waals surface area contributed by atoms with E-state index in [1.165, 1.54) is 16.8 Å². The maximum Gasteiger partial charge on any atom is 0.129 e. The Morgan fingerprint density at radius 1 is 1.17 bits per heavy atom. The summed E-state index contributed by atoms with van der Waals surface area (Å²) in [6.45, 7) is 4.84. The minimum atomic E-state index is -0.0510. The second-order valence-electron chi connectivity index (χ2n) is 4.34. The van der Waals surface area contributed by atoms with Gasteiger partial charge in [-0.3, -0.25) is 0 Å². The predicted molar refractivity (Wildman–Crippen MR) is 72.5 cm³/mol. The smallest absolute Gasteiger partial charge is 0.129 e. The van der Waals surface area contributed by atoms with Crippen molar-refractivity contribution < 1.29 is 9.52 Å². The molecule has 1 aromatic heterocycles. The molecule has 2 N–H and O–H groups in total. The largest absolute Gasteiger partial charge is 0.462 e. The average Bonchev–Trinajstić information content (AvgIpc) is 2.85. The monoisotopic (exact) mass is 245 g/mol. The summed E-state index contributed by atoms with van der Waals surface area (Å²) in [5.74, 6) is 1.44. The summed E-state index contributed by atoms with van der Waals surface area (Å²) >= 11 is 0. The summed E-state index contributed by atoms with van der Waals surface area (Å²) in [5, 5.41) is 12.4. The Kier molecular flexibility index (Phi) is 4.05. The molecule has 1 aromatic carbocycles. The average molecular weight is 245 g/mol. The molecule has 0 atom stereocenters.